The molecule has 0 amide bonds. The maximum atomic E-state index is 12.3. The van der Waals surface area contributed by atoms with Crippen LogP contribution in [0.1, 0.15) is 12.0 Å². The molecule has 1 aromatic carbocycles. The summed E-state index contributed by atoms with van der Waals surface area (Å²) in [7, 11) is 0. The van der Waals surface area contributed by atoms with E-state index in [0.717, 1.165) is 16.5 Å². The summed E-state index contributed by atoms with van der Waals surface area (Å²) in [6, 6.07) is 7.87. The van der Waals surface area contributed by atoms with Gasteiger partial charge in [0.05, 0.1) is 5.83 Å². The molecule has 0 radical (unpaired) electrons. The third kappa shape index (κ3) is 3.18. The molecule has 64 valence electrons. The van der Waals surface area contributed by atoms with Crippen molar-refractivity contribution < 1.29 is 4.39 Å². The van der Waals surface area contributed by atoms with Crippen molar-refractivity contribution in [2.75, 3.05) is 0 Å². The predicted octanol–water partition coefficient (Wildman–Crippen LogP) is 3.86. The van der Waals surface area contributed by atoms with Gasteiger partial charge in [-0.1, -0.05) is 34.6 Å². The average Bonchev–Trinajstić information content (AvgIpc) is 2.03. The minimum absolute atomic E-state index is 0.252. The van der Waals surface area contributed by atoms with Crippen LogP contribution in [-0.2, 0) is 6.42 Å². The molecule has 2 heteroatoms. The highest BCUT2D eigenvalue weighted by molar-refractivity contribution is 9.10. The van der Waals surface area contributed by atoms with Crippen LogP contribution in [0.5, 0.6) is 0 Å². The Bertz CT molecular complexity index is 264. The smallest absolute Gasteiger partial charge is 0.0931 e. The van der Waals surface area contributed by atoms with E-state index < -0.39 is 0 Å². The van der Waals surface area contributed by atoms with Gasteiger partial charge in [-0.05, 0) is 24.1 Å². The maximum Gasteiger partial charge on any atom is 0.0931 e. The minimum atomic E-state index is -0.252. The standard InChI is InChI=1S/C10H10BrF/c1-8(12)2-3-9-4-6-10(11)7-5-9/h4-7H,1-3H2. The van der Waals surface area contributed by atoms with Gasteiger partial charge in [0, 0.05) is 10.9 Å². The average molecular weight is 229 g/mol. The van der Waals surface area contributed by atoms with Crippen LogP contribution in [0.4, 0.5) is 4.39 Å². The van der Waals surface area contributed by atoms with Crippen LogP contribution >= 0.6 is 15.9 Å². The van der Waals surface area contributed by atoms with E-state index in [1.165, 1.54) is 0 Å². The number of allylic oxidation sites excluding steroid dienone is 1. The molecule has 0 bridgehead atoms. The molecule has 1 aromatic rings. The molecule has 0 fully saturated rings. The molecule has 0 aromatic heterocycles. The molecular formula is C10H10BrF. The van der Waals surface area contributed by atoms with Crippen LogP contribution in [-0.4, -0.2) is 0 Å². The Kier molecular flexibility index (Phi) is 3.48. The Balaban J connectivity index is 2.53. The third-order valence-corrected chi connectivity index (χ3v) is 2.13. The van der Waals surface area contributed by atoms with Crippen molar-refractivity contribution in [1.82, 2.24) is 0 Å². The minimum Gasteiger partial charge on any atom is -0.212 e. The Morgan fingerprint density at radius 1 is 1.33 bits per heavy atom. The summed E-state index contributed by atoms with van der Waals surface area (Å²) in [5.74, 6) is -0.252. The van der Waals surface area contributed by atoms with Gasteiger partial charge in [-0.15, -0.1) is 0 Å². The molecule has 12 heavy (non-hydrogen) atoms. The van der Waals surface area contributed by atoms with Crippen molar-refractivity contribution in [2.45, 2.75) is 12.8 Å². The molecule has 0 nitrogen and oxygen atoms in total. The molecule has 0 aliphatic carbocycles. The van der Waals surface area contributed by atoms with E-state index in [1.807, 2.05) is 24.3 Å². The van der Waals surface area contributed by atoms with Gasteiger partial charge in [-0.3, -0.25) is 0 Å². The predicted molar refractivity (Wildman–Crippen MR) is 52.7 cm³/mol. The molecule has 0 saturated carbocycles. The highest BCUT2D eigenvalue weighted by atomic mass is 79.9. The number of aryl methyl sites for hydroxylation is 1. The summed E-state index contributed by atoms with van der Waals surface area (Å²) in [4.78, 5) is 0. The molecule has 0 N–H and O–H groups in total. The van der Waals surface area contributed by atoms with E-state index >= 15 is 0 Å². The summed E-state index contributed by atoms with van der Waals surface area (Å²) >= 11 is 3.33. The molecule has 0 spiro atoms. The van der Waals surface area contributed by atoms with Gasteiger partial charge in [-0.25, -0.2) is 4.39 Å². The molecule has 1 rings (SSSR count). The fourth-order valence-electron chi connectivity index (χ4n) is 0.931. The molecule has 0 aliphatic heterocycles. The monoisotopic (exact) mass is 228 g/mol. The normalized spacial score (nSPS) is 9.83. The van der Waals surface area contributed by atoms with Crippen molar-refractivity contribution in [2.24, 2.45) is 0 Å². The molecule has 0 aliphatic rings. The summed E-state index contributed by atoms with van der Waals surface area (Å²) in [5.41, 5.74) is 1.14. The Labute approximate surface area is 80.2 Å². The first kappa shape index (κ1) is 9.46. The van der Waals surface area contributed by atoms with Crippen LogP contribution < -0.4 is 0 Å². The quantitative estimate of drug-likeness (QED) is 0.738. The van der Waals surface area contributed by atoms with E-state index in [4.69, 9.17) is 0 Å². The highest BCUT2D eigenvalue weighted by Gasteiger charge is 1.94. The van der Waals surface area contributed by atoms with E-state index in [9.17, 15) is 4.39 Å². The molecular weight excluding hydrogens is 219 g/mol. The fraction of sp³-hybridized carbons (Fsp3) is 0.200. The van der Waals surface area contributed by atoms with Crippen LogP contribution in [0.3, 0.4) is 0 Å². The Hall–Kier alpha value is -0.630. The summed E-state index contributed by atoms with van der Waals surface area (Å²) in [6.45, 7) is 3.21. The number of hydrogen-bond donors (Lipinski definition) is 0. The Morgan fingerprint density at radius 3 is 2.42 bits per heavy atom. The molecule has 0 heterocycles. The molecule has 0 atom stereocenters. The lowest BCUT2D eigenvalue weighted by molar-refractivity contribution is 0.593. The lowest BCUT2D eigenvalue weighted by Crippen LogP contribution is -1.84. The zero-order valence-corrected chi connectivity index (χ0v) is 8.27. The number of benzene rings is 1. The van der Waals surface area contributed by atoms with Crippen LogP contribution in [0.15, 0.2) is 41.1 Å². The molecule has 0 saturated heterocycles. The van der Waals surface area contributed by atoms with Crippen LogP contribution in [0.2, 0.25) is 0 Å². The third-order valence-electron chi connectivity index (χ3n) is 1.60. The van der Waals surface area contributed by atoms with E-state index in [2.05, 4.69) is 22.5 Å². The first-order chi connectivity index (χ1) is 5.68. The van der Waals surface area contributed by atoms with Gasteiger partial charge in [0.2, 0.25) is 0 Å². The van der Waals surface area contributed by atoms with Crippen molar-refractivity contribution in [1.29, 1.82) is 0 Å². The zero-order chi connectivity index (χ0) is 8.97. The van der Waals surface area contributed by atoms with Gasteiger partial charge >= 0.3 is 0 Å². The second-order valence-electron chi connectivity index (χ2n) is 2.64. The summed E-state index contributed by atoms with van der Waals surface area (Å²) in [5, 5.41) is 0. The van der Waals surface area contributed by atoms with Crippen molar-refractivity contribution >= 4 is 15.9 Å². The zero-order valence-electron chi connectivity index (χ0n) is 6.69. The second-order valence-corrected chi connectivity index (χ2v) is 3.56. The largest absolute Gasteiger partial charge is 0.212 e. The highest BCUT2D eigenvalue weighted by Crippen LogP contribution is 2.13. The van der Waals surface area contributed by atoms with Crippen LogP contribution in [0, 0.1) is 0 Å². The fourth-order valence-corrected chi connectivity index (χ4v) is 1.20. The summed E-state index contributed by atoms with van der Waals surface area (Å²) < 4.78 is 13.3. The van der Waals surface area contributed by atoms with Gasteiger partial charge in [0.1, 0.15) is 0 Å². The van der Waals surface area contributed by atoms with Gasteiger partial charge in [0.25, 0.3) is 0 Å². The number of hydrogen-bond acceptors (Lipinski definition) is 0. The lowest BCUT2D eigenvalue weighted by atomic mass is 10.1. The van der Waals surface area contributed by atoms with Crippen molar-refractivity contribution in [3.05, 3.63) is 46.7 Å². The Morgan fingerprint density at radius 2 is 1.92 bits per heavy atom. The summed E-state index contributed by atoms with van der Waals surface area (Å²) in [6.07, 6.45) is 1.14. The van der Waals surface area contributed by atoms with Gasteiger partial charge in [0.15, 0.2) is 0 Å². The SMILES string of the molecule is C=C(F)CCc1ccc(Br)cc1. The van der Waals surface area contributed by atoms with Gasteiger partial charge < -0.3 is 0 Å². The van der Waals surface area contributed by atoms with Crippen molar-refractivity contribution in [3.63, 3.8) is 0 Å². The number of rotatable bonds is 3. The van der Waals surface area contributed by atoms with E-state index in [1.54, 1.807) is 0 Å². The maximum absolute atomic E-state index is 12.3. The first-order valence-corrected chi connectivity index (χ1v) is 4.55. The van der Waals surface area contributed by atoms with Crippen LogP contribution in [0.25, 0.3) is 0 Å². The second kappa shape index (κ2) is 4.41. The first-order valence-electron chi connectivity index (χ1n) is 3.76. The van der Waals surface area contributed by atoms with Gasteiger partial charge in [-0.2, -0.15) is 0 Å². The van der Waals surface area contributed by atoms with E-state index in [-0.39, 0.29) is 5.83 Å². The topological polar surface area (TPSA) is 0 Å². The molecule has 0 unspecified atom stereocenters. The van der Waals surface area contributed by atoms with Crippen molar-refractivity contribution in [3.8, 4) is 0 Å². The number of halogens is 2. The van der Waals surface area contributed by atoms with E-state index in [0.29, 0.717) is 6.42 Å². The lowest BCUT2D eigenvalue weighted by Gasteiger charge is -1.98.